The number of hydrogen-bond acceptors (Lipinski definition) is 3. The first kappa shape index (κ1) is 18.6. The van der Waals surface area contributed by atoms with Crippen molar-refractivity contribution in [2.45, 2.75) is 59.3 Å². The zero-order chi connectivity index (χ0) is 12.2. The highest BCUT2D eigenvalue weighted by molar-refractivity contribution is 5.59. The third-order valence-electron chi connectivity index (χ3n) is 2.70. The smallest absolute Gasteiger partial charge is 0.434 e. The van der Waals surface area contributed by atoms with Crippen LogP contribution in [0.4, 0.5) is 4.79 Å². The quantitative estimate of drug-likeness (QED) is 0.464. The number of rotatable bonds is 9. The first-order valence-corrected chi connectivity index (χ1v) is 6.54. The van der Waals surface area contributed by atoms with Crippen molar-refractivity contribution in [2.75, 3.05) is 13.2 Å². The second kappa shape index (κ2) is 13.3. The average Bonchev–Trinajstić information content (AvgIpc) is 2.30. The molecule has 1 unspecified atom stereocenters. The van der Waals surface area contributed by atoms with Gasteiger partial charge in [0.25, 0.3) is 0 Å². The molecule has 0 aliphatic heterocycles. The fraction of sp³-hybridized carbons (Fsp3) is 0.923. The molecule has 0 saturated heterocycles. The van der Waals surface area contributed by atoms with E-state index in [-0.39, 0.29) is 5.48 Å². The van der Waals surface area contributed by atoms with E-state index in [2.05, 4.69) is 20.8 Å². The highest BCUT2D eigenvalue weighted by Gasteiger charge is 2.10. The van der Waals surface area contributed by atoms with Crippen molar-refractivity contribution < 1.29 is 19.7 Å². The Morgan fingerprint density at radius 3 is 2.24 bits per heavy atom. The SMILES string of the molecule is CCCCOC(=O)OCC(CC)CCCC.O. The summed E-state index contributed by atoms with van der Waals surface area (Å²) in [7, 11) is 0. The molecule has 0 rings (SSSR count). The van der Waals surface area contributed by atoms with Gasteiger partial charge in [-0.2, -0.15) is 0 Å². The van der Waals surface area contributed by atoms with Crippen LogP contribution < -0.4 is 0 Å². The predicted octanol–water partition coefficient (Wildman–Crippen LogP) is 3.33. The number of carbonyl (C=O) groups is 1. The number of ether oxygens (including phenoxy) is 2. The van der Waals surface area contributed by atoms with Crippen LogP contribution in [-0.4, -0.2) is 24.8 Å². The summed E-state index contributed by atoms with van der Waals surface area (Å²) in [5.41, 5.74) is 0. The fourth-order valence-corrected chi connectivity index (χ4v) is 1.43. The lowest BCUT2D eigenvalue weighted by Crippen LogP contribution is -2.15. The second-order valence-corrected chi connectivity index (χ2v) is 4.18. The summed E-state index contributed by atoms with van der Waals surface area (Å²) in [5, 5.41) is 0. The fourth-order valence-electron chi connectivity index (χ4n) is 1.43. The van der Waals surface area contributed by atoms with E-state index in [9.17, 15) is 4.79 Å². The highest BCUT2D eigenvalue weighted by Crippen LogP contribution is 2.13. The minimum atomic E-state index is -0.511. The van der Waals surface area contributed by atoms with Gasteiger partial charge in [0, 0.05) is 0 Å². The van der Waals surface area contributed by atoms with Crippen LogP contribution in [0, 0.1) is 5.92 Å². The molecule has 4 heteroatoms. The summed E-state index contributed by atoms with van der Waals surface area (Å²) in [6, 6.07) is 0. The van der Waals surface area contributed by atoms with E-state index in [1.807, 2.05) is 0 Å². The maximum absolute atomic E-state index is 11.2. The summed E-state index contributed by atoms with van der Waals surface area (Å²) < 4.78 is 10.00. The molecular weight excluding hydrogens is 220 g/mol. The molecule has 17 heavy (non-hydrogen) atoms. The van der Waals surface area contributed by atoms with Crippen LogP contribution in [0.15, 0.2) is 0 Å². The van der Waals surface area contributed by atoms with E-state index in [4.69, 9.17) is 9.47 Å². The second-order valence-electron chi connectivity index (χ2n) is 4.18. The van der Waals surface area contributed by atoms with Gasteiger partial charge < -0.3 is 14.9 Å². The third-order valence-corrected chi connectivity index (χ3v) is 2.70. The van der Waals surface area contributed by atoms with Crippen molar-refractivity contribution in [1.82, 2.24) is 0 Å². The molecule has 104 valence electrons. The van der Waals surface area contributed by atoms with E-state index in [1.54, 1.807) is 0 Å². The number of carbonyl (C=O) groups excluding carboxylic acids is 1. The Bertz CT molecular complexity index is 171. The summed E-state index contributed by atoms with van der Waals surface area (Å²) >= 11 is 0. The molecule has 0 fully saturated rings. The summed E-state index contributed by atoms with van der Waals surface area (Å²) in [6.07, 6.45) is 6.01. The number of unbranched alkanes of at least 4 members (excludes halogenated alkanes) is 2. The van der Waals surface area contributed by atoms with E-state index in [0.717, 1.165) is 25.7 Å². The Morgan fingerprint density at radius 1 is 1.06 bits per heavy atom. The lowest BCUT2D eigenvalue weighted by Gasteiger charge is -2.14. The average molecular weight is 248 g/mol. The largest absolute Gasteiger partial charge is 0.508 e. The molecule has 1 atom stereocenters. The van der Waals surface area contributed by atoms with Gasteiger partial charge in [-0.1, -0.05) is 46.5 Å². The van der Waals surface area contributed by atoms with Crippen LogP contribution in [0.1, 0.15) is 59.3 Å². The molecule has 4 nitrogen and oxygen atoms in total. The highest BCUT2D eigenvalue weighted by atomic mass is 16.7. The van der Waals surface area contributed by atoms with Crippen LogP contribution in [0.25, 0.3) is 0 Å². The first-order valence-electron chi connectivity index (χ1n) is 6.54. The standard InChI is InChI=1S/C13H26O3.H2O/c1-4-7-9-12(6-3)11-16-13(14)15-10-8-5-2;/h12H,4-11H2,1-3H3;1H2. The topological polar surface area (TPSA) is 67.0 Å². The van der Waals surface area contributed by atoms with Gasteiger partial charge in [0.1, 0.15) is 0 Å². The van der Waals surface area contributed by atoms with E-state index >= 15 is 0 Å². The monoisotopic (exact) mass is 248 g/mol. The van der Waals surface area contributed by atoms with Gasteiger partial charge in [-0.3, -0.25) is 0 Å². The molecule has 2 N–H and O–H groups in total. The predicted molar refractivity (Wildman–Crippen MR) is 69.1 cm³/mol. The van der Waals surface area contributed by atoms with Crippen LogP contribution in [0.2, 0.25) is 0 Å². The van der Waals surface area contributed by atoms with E-state index in [0.29, 0.717) is 19.1 Å². The van der Waals surface area contributed by atoms with Crippen molar-refractivity contribution >= 4 is 6.16 Å². The maximum Gasteiger partial charge on any atom is 0.508 e. The maximum atomic E-state index is 11.2. The third kappa shape index (κ3) is 11.5. The van der Waals surface area contributed by atoms with Crippen molar-refractivity contribution in [3.63, 3.8) is 0 Å². The molecule has 0 saturated carbocycles. The number of hydrogen-bond donors (Lipinski definition) is 0. The van der Waals surface area contributed by atoms with Gasteiger partial charge in [-0.25, -0.2) is 4.79 Å². The zero-order valence-corrected chi connectivity index (χ0v) is 11.5. The van der Waals surface area contributed by atoms with Crippen molar-refractivity contribution in [3.05, 3.63) is 0 Å². The Labute approximate surface area is 105 Å². The Hall–Kier alpha value is -0.770. The lowest BCUT2D eigenvalue weighted by molar-refractivity contribution is 0.0418. The summed E-state index contributed by atoms with van der Waals surface area (Å²) in [5.74, 6) is 0.485. The van der Waals surface area contributed by atoms with Crippen LogP contribution in [0.3, 0.4) is 0 Å². The van der Waals surface area contributed by atoms with Crippen LogP contribution >= 0.6 is 0 Å². The molecule has 0 aliphatic rings. The normalized spacial score (nSPS) is 11.5. The molecule has 0 aliphatic carbocycles. The van der Waals surface area contributed by atoms with Crippen LogP contribution in [-0.2, 0) is 9.47 Å². The Morgan fingerprint density at radius 2 is 1.71 bits per heavy atom. The van der Waals surface area contributed by atoms with Gasteiger partial charge >= 0.3 is 6.16 Å². The Balaban J connectivity index is 0. The molecule has 0 aromatic carbocycles. The van der Waals surface area contributed by atoms with Gasteiger partial charge in [0.05, 0.1) is 13.2 Å². The minimum Gasteiger partial charge on any atom is -0.434 e. The van der Waals surface area contributed by atoms with Crippen molar-refractivity contribution in [1.29, 1.82) is 0 Å². The molecule has 0 spiro atoms. The van der Waals surface area contributed by atoms with Gasteiger partial charge in [0.15, 0.2) is 0 Å². The molecule has 0 radical (unpaired) electrons. The molecule has 0 aromatic heterocycles. The summed E-state index contributed by atoms with van der Waals surface area (Å²) in [6.45, 7) is 7.34. The molecule has 0 aromatic rings. The molecule has 0 heterocycles. The molecular formula is C13H28O4. The van der Waals surface area contributed by atoms with E-state index in [1.165, 1.54) is 12.8 Å². The van der Waals surface area contributed by atoms with Gasteiger partial charge in [-0.15, -0.1) is 0 Å². The van der Waals surface area contributed by atoms with Crippen molar-refractivity contribution in [3.8, 4) is 0 Å². The Kier molecular flexibility index (Phi) is 14.5. The summed E-state index contributed by atoms with van der Waals surface area (Å²) in [4.78, 5) is 11.2. The first-order chi connectivity index (χ1) is 7.74. The lowest BCUT2D eigenvalue weighted by atomic mass is 10.0. The van der Waals surface area contributed by atoms with Gasteiger partial charge in [-0.05, 0) is 18.8 Å². The molecule has 0 bridgehead atoms. The minimum absolute atomic E-state index is 0. The van der Waals surface area contributed by atoms with Crippen molar-refractivity contribution in [2.24, 2.45) is 5.92 Å². The zero-order valence-electron chi connectivity index (χ0n) is 11.5. The van der Waals surface area contributed by atoms with E-state index < -0.39 is 6.16 Å². The van der Waals surface area contributed by atoms with Crippen LogP contribution in [0.5, 0.6) is 0 Å². The van der Waals surface area contributed by atoms with Gasteiger partial charge in [0.2, 0.25) is 0 Å². The molecule has 0 amide bonds.